The third kappa shape index (κ3) is 3.53. The van der Waals surface area contributed by atoms with E-state index in [0.717, 1.165) is 13.0 Å². The predicted octanol–water partition coefficient (Wildman–Crippen LogP) is 4.11. The van der Waals surface area contributed by atoms with Crippen molar-refractivity contribution in [2.75, 3.05) is 0 Å². The quantitative estimate of drug-likeness (QED) is 0.448. The van der Waals surface area contributed by atoms with Crippen molar-refractivity contribution in [2.24, 2.45) is 0 Å². The highest BCUT2D eigenvalue weighted by atomic mass is 127. The van der Waals surface area contributed by atoms with Crippen LogP contribution in [-0.4, -0.2) is 12.4 Å². The highest BCUT2D eigenvalue weighted by Crippen LogP contribution is 2.39. The summed E-state index contributed by atoms with van der Waals surface area (Å²) < 4.78 is 65.9. The van der Waals surface area contributed by atoms with Gasteiger partial charge in [-0.25, -0.2) is 0 Å². The maximum Gasteiger partial charge on any atom is 0.419 e. The van der Waals surface area contributed by atoms with E-state index in [1.165, 1.54) is 0 Å². The highest BCUT2D eigenvalue weighted by Gasteiger charge is 2.36. The Hall–Kier alpha value is -0.930. The van der Waals surface area contributed by atoms with Gasteiger partial charge in [0.15, 0.2) is 5.78 Å². The minimum Gasteiger partial charge on any atom is -0.434 e. The summed E-state index contributed by atoms with van der Waals surface area (Å²) in [7, 11) is 0. The van der Waals surface area contributed by atoms with Crippen LogP contribution in [0.5, 0.6) is 5.75 Å². The number of ether oxygens (including phenoxy) is 1. The van der Waals surface area contributed by atoms with Crippen molar-refractivity contribution in [1.82, 2.24) is 0 Å². The van der Waals surface area contributed by atoms with Crippen LogP contribution in [0.2, 0.25) is 0 Å². The lowest BCUT2D eigenvalue weighted by Crippen LogP contribution is -2.13. The van der Waals surface area contributed by atoms with Gasteiger partial charge in [-0.3, -0.25) is 4.79 Å². The molecule has 0 aliphatic carbocycles. The molecule has 1 aromatic rings. The maximum absolute atomic E-state index is 12.6. The zero-order chi connectivity index (χ0) is 14.1. The molecule has 0 spiro atoms. The fourth-order valence-corrected chi connectivity index (χ4v) is 2.06. The second-order valence-electron chi connectivity index (χ2n) is 3.26. The van der Waals surface area contributed by atoms with Gasteiger partial charge >= 0.3 is 12.8 Å². The van der Waals surface area contributed by atoms with Crippen LogP contribution >= 0.6 is 22.6 Å². The first-order valence-corrected chi connectivity index (χ1v) is 5.57. The molecule has 18 heavy (non-hydrogen) atoms. The largest absolute Gasteiger partial charge is 0.434 e. The Morgan fingerprint density at radius 2 is 1.89 bits per heavy atom. The lowest BCUT2D eigenvalue weighted by atomic mass is 10.1. The summed E-state index contributed by atoms with van der Waals surface area (Å²) in [5.74, 6) is -1.58. The number of halogens is 6. The van der Waals surface area contributed by atoms with E-state index in [0.29, 0.717) is 6.07 Å². The predicted molar refractivity (Wildman–Crippen MR) is 60.8 cm³/mol. The highest BCUT2D eigenvalue weighted by molar-refractivity contribution is 14.1. The average molecular weight is 380 g/mol. The molecule has 0 heterocycles. The molecular weight excluding hydrogens is 374 g/mol. The molecule has 0 fully saturated rings. The van der Waals surface area contributed by atoms with Crippen LogP contribution in [0.25, 0.3) is 0 Å². The molecule has 1 rings (SSSR count). The Labute approximate surface area is 112 Å². The molecule has 0 saturated heterocycles. The number of hydrogen-bond donors (Lipinski definition) is 0. The van der Waals surface area contributed by atoms with Crippen LogP contribution in [0.4, 0.5) is 22.0 Å². The summed E-state index contributed by atoms with van der Waals surface area (Å²) in [6, 6.07) is 1.29. The molecule has 0 bridgehead atoms. The molecule has 0 aliphatic heterocycles. The van der Waals surface area contributed by atoms with Gasteiger partial charge in [0.25, 0.3) is 0 Å². The summed E-state index contributed by atoms with van der Waals surface area (Å²) in [5, 5.41) is 0. The minimum atomic E-state index is -4.88. The van der Waals surface area contributed by atoms with Gasteiger partial charge in [0.05, 0.1) is 5.56 Å². The molecule has 0 aliphatic rings. The standard InChI is InChI=1S/C10H6F5IO2/c1-4(17)5-2-6(10(13,14)15)8(3-7(5)16)18-9(11)12/h2-3,9H,1H3. The average Bonchev–Trinajstić information content (AvgIpc) is 2.13. The molecular formula is C10H6F5IO2. The molecule has 0 radical (unpaired) electrons. The van der Waals surface area contributed by atoms with Crippen molar-refractivity contribution in [3.8, 4) is 5.75 Å². The smallest absolute Gasteiger partial charge is 0.419 e. The molecule has 0 N–H and O–H groups in total. The van der Waals surface area contributed by atoms with E-state index >= 15 is 0 Å². The van der Waals surface area contributed by atoms with Crippen LogP contribution in [-0.2, 0) is 6.18 Å². The molecule has 0 atom stereocenters. The minimum absolute atomic E-state index is 0.115. The molecule has 0 unspecified atom stereocenters. The number of carbonyl (C=O) groups excluding carboxylic acids is 1. The van der Waals surface area contributed by atoms with Crippen molar-refractivity contribution in [3.63, 3.8) is 0 Å². The number of alkyl halides is 5. The molecule has 0 saturated carbocycles. The van der Waals surface area contributed by atoms with Gasteiger partial charge in [0.1, 0.15) is 5.75 Å². The first kappa shape index (κ1) is 15.1. The van der Waals surface area contributed by atoms with Gasteiger partial charge in [-0.2, -0.15) is 22.0 Å². The SMILES string of the molecule is CC(=O)c1cc(C(F)(F)F)c(OC(F)F)cc1I. The van der Waals surface area contributed by atoms with Crippen LogP contribution in [0.15, 0.2) is 12.1 Å². The molecule has 8 heteroatoms. The van der Waals surface area contributed by atoms with Crippen molar-refractivity contribution in [2.45, 2.75) is 19.7 Å². The van der Waals surface area contributed by atoms with Gasteiger partial charge in [0, 0.05) is 9.13 Å². The van der Waals surface area contributed by atoms with Crippen molar-refractivity contribution >= 4 is 28.4 Å². The van der Waals surface area contributed by atoms with Crippen molar-refractivity contribution in [3.05, 3.63) is 26.8 Å². The van der Waals surface area contributed by atoms with Gasteiger partial charge in [0.2, 0.25) is 0 Å². The van der Waals surface area contributed by atoms with Gasteiger partial charge in [-0.1, -0.05) is 0 Å². The van der Waals surface area contributed by atoms with Gasteiger partial charge in [-0.15, -0.1) is 0 Å². The Kier molecular flexibility index (Phi) is 4.51. The second kappa shape index (κ2) is 5.37. The first-order valence-electron chi connectivity index (χ1n) is 4.49. The summed E-state index contributed by atoms with van der Waals surface area (Å²) in [6.45, 7) is -2.28. The molecule has 0 amide bonds. The normalized spacial score (nSPS) is 11.8. The lowest BCUT2D eigenvalue weighted by Gasteiger charge is -2.15. The number of rotatable bonds is 3. The van der Waals surface area contributed by atoms with Crippen LogP contribution in [0, 0.1) is 3.57 Å². The lowest BCUT2D eigenvalue weighted by molar-refractivity contribution is -0.141. The third-order valence-corrected chi connectivity index (χ3v) is 2.86. The van der Waals surface area contributed by atoms with E-state index in [1.807, 2.05) is 0 Å². The summed E-state index contributed by atoms with van der Waals surface area (Å²) in [4.78, 5) is 11.1. The second-order valence-corrected chi connectivity index (χ2v) is 4.42. The maximum atomic E-state index is 12.6. The molecule has 2 nitrogen and oxygen atoms in total. The Bertz CT molecular complexity index is 470. The topological polar surface area (TPSA) is 26.3 Å². The number of ketones is 1. The summed E-state index contributed by atoms with van der Waals surface area (Å²) in [5.41, 5.74) is -1.59. The molecule has 100 valence electrons. The van der Waals surface area contributed by atoms with E-state index < -0.39 is 29.9 Å². The summed E-state index contributed by atoms with van der Waals surface area (Å²) >= 11 is 1.58. The molecule has 1 aromatic carbocycles. The number of carbonyl (C=O) groups is 1. The zero-order valence-electron chi connectivity index (χ0n) is 8.82. The van der Waals surface area contributed by atoms with Crippen LogP contribution < -0.4 is 4.74 Å². The van der Waals surface area contributed by atoms with E-state index in [2.05, 4.69) is 4.74 Å². The van der Waals surface area contributed by atoms with Crippen molar-refractivity contribution < 1.29 is 31.5 Å². The van der Waals surface area contributed by atoms with E-state index in [4.69, 9.17) is 0 Å². The van der Waals surface area contributed by atoms with E-state index in [9.17, 15) is 26.7 Å². The number of Topliss-reactive ketones (excluding diaryl/α,β-unsaturated/α-hetero) is 1. The molecule has 0 aromatic heterocycles. The van der Waals surface area contributed by atoms with E-state index in [-0.39, 0.29) is 9.13 Å². The van der Waals surface area contributed by atoms with Crippen molar-refractivity contribution in [1.29, 1.82) is 0 Å². The fourth-order valence-electron chi connectivity index (χ4n) is 1.24. The van der Waals surface area contributed by atoms with Crippen LogP contribution in [0.1, 0.15) is 22.8 Å². The Balaban J connectivity index is 3.42. The third-order valence-electron chi connectivity index (χ3n) is 1.97. The number of hydrogen-bond acceptors (Lipinski definition) is 2. The van der Waals surface area contributed by atoms with Gasteiger partial charge in [-0.05, 0) is 41.6 Å². The summed E-state index contributed by atoms with van der Waals surface area (Å²) in [6.07, 6.45) is -4.88. The first-order chi connectivity index (χ1) is 8.12. The Morgan fingerprint density at radius 3 is 2.28 bits per heavy atom. The van der Waals surface area contributed by atoms with Crippen LogP contribution in [0.3, 0.4) is 0 Å². The van der Waals surface area contributed by atoms with Gasteiger partial charge < -0.3 is 4.74 Å². The number of benzene rings is 1. The van der Waals surface area contributed by atoms with E-state index in [1.54, 1.807) is 22.6 Å². The fraction of sp³-hybridized carbons (Fsp3) is 0.300. The zero-order valence-corrected chi connectivity index (χ0v) is 11.0. The Morgan fingerprint density at radius 1 is 1.33 bits per heavy atom. The monoisotopic (exact) mass is 380 g/mol.